The molecule has 1 saturated heterocycles. The predicted molar refractivity (Wildman–Crippen MR) is 73.9 cm³/mol. The molecule has 0 saturated carbocycles. The number of carbonyl (C=O) groups excluding carboxylic acids is 2. The quantitative estimate of drug-likeness (QED) is 0.750. The number of carbonyl (C=O) groups is 2. The monoisotopic (exact) mass is 275 g/mol. The van der Waals surface area contributed by atoms with Crippen LogP contribution in [0.25, 0.3) is 0 Å². The Labute approximate surface area is 116 Å². The van der Waals surface area contributed by atoms with Crippen LogP contribution in [0.2, 0.25) is 0 Å². The van der Waals surface area contributed by atoms with Crippen molar-refractivity contribution in [2.45, 2.75) is 18.9 Å². The molecular weight excluding hydrogens is 258 g/mol. The van der Waals surface area contributed by atoms with Crippen molar-refractivity contribution in [1.29, 1.82) is 0 Å². The zero-order valence-electron chi connectivity index (χ0n) is 11.1. The van der Waals surface area contributed by atoms with Gasteiger partial charge < -0.3 is 20.7 Å². The minimum atomic E-state index is -0.174. The van der Waals surface area contributed by atoms with Gasteiger partial charge in [0.05, 0.1) is 11.3 Å². The van der Waals surface area contributed by atoms with Crippen molar-refractivity contribution < 1.29 is 14.3 Å². The number of ether oxygens (including phenoxy) is 1. The third-order valence-corrected chi connectivity index (χ3v) is 3.52. The number of para-hydroxylation sites is 1. The normalized spacial score (nSPS) is 20.4. The van der Waals surface area contributed by atoms with Crippen LogP contribution in [0.15, 0.2) is 18.2 Å². The molecule has 20 heavy (non-hydrogen) atoms. The summed E-state index contributed by atoms with van der Waals surface area (Å²) in [5.74, 6) is 0.479. The highest BCUT2D eigenvalue weighted by Crippen LogP contribution is 2.31. The van der Waals surface area contributed by atoms with Crippen molar-refractivity contribution in [3.63, 3.8) is 0 Å². The van der Waals surface area contributed by atoms with Crippen molar-refractivity contribution in [2.75, 3.05) is 25.0 Å². The van der Waals surface area contributed by atoms with Gasteiger partial charge in [-0.25, -0.2) is 0 Å². The van der Waals surface area contributed by atoms with Gasteiger partial charge in [0, 0.05) is 25.6 Å². The van der Waals surface area contributed by atoms with Crippen LogP contribution in [0, 0.1) is 0 Å². The molecule has 1 atom stereocenters. The average Bonchev–Trinajstić information content (AvgIpc) is 2.90. The Morgan fingerprint density at radius 1 is 1.45 bits per heavy atom. The van der Waals surface area contributed by atoms with Crippen molar-refractivity contribution in [3.05, 3.63) is 23.8 Å². The van der Waals surface area contributed by atoms with Crippen LogP contribution in [0.5, 0.6) is 5.75 Å². The van der Waals surface area contributed by atoms with Crippen LogP contribution >= 0.6 is 0 Å². The molecule has 106 valence electrons. The molecule has 1 aromatic carbocycles. The maximum absolute atomic E-state index is 12.2. The second-order valence-electron chi connectivity index (χ2n) is 4.97. The molecule has 6 nitrogen and oxygen atoms in total. The molecular formula is C14H17N3O3. The molecule has 0 spiro atoms. The summed E-state index contributed by atoms with van der Waals surface area (Å²) < 4.78 is 5.57. The summed E-state index contributed by atoms with van der Waals surface area (Å²) in [6, 6.07) is 5.49. The van der Waals surface area contributed by atoms with E-state index in [1.807, 2.05) is 12.1 Å². The number of benzene rings is 1. The molecule has 2 amide bonds. The largest absolute Gasteiger partial charge is 0.489 e. The molecule has 2 aliphatic heterocycles. The van der Waals surface area contributed by atoms with E-state index in [0.717, 1.165) is 18.7 Å². The summed E-state index contributed by atoms with van der Waals surface area (Å²) in [6.45, 7) is 1.74. The highest BCUT2D eigenvalue weighted by atomic mass is 16.5. The summed E-state index contributed by atoms with van der Waals surface area (Å²) in [6.07, 6.45) is 1.30. The van der Waals surface area contributed by atoms with Crippen molar-refractivity contribution >= 4 is 17.5 Å². The van der Waals surface area contributed by atoms with Gasteiger partial charge in [-0.3, -0.25) is 9.59 Å². The Morgan fingerprint density at radius 3 is 3.15 bits per heavy atom. The lowest BCUT2D eigenvalue weighted by Crippen LogP contribution is -2.38. The van der Waals surface area contributed by atoms with E-state index in [0.29, 0.717) is 30.9 Å². The first kappa shape index (κ1) is 12.8. The van der Waals surface area contributed by atoms with E-state index in [1.165, 1.54) is 0 Å². The van der Waals surface area contributed by atoms with Crippen molar-refractivity contribution in [3.8, 4) is 5.75 Å². The molecule has 0 bridgehead atoms. The number of nitrogens with one attached hydrogen (secondary N) is 3. The average molecular weight is 275 g/mol. The minimum absolute atomic E-state index is 0.0324. The lowest BCUT2D eigenvalue weighted by atomic mass is 10.1. The Morgan fingerprint density at radius 2 is 2.35 bits per heavy atom. The van der Waals surface area contributed by atoms with Crippen molar-refractivity contribution in [1.82, 2.24) is 10.6 Å². The molecule has 1 fully saturated rings. The molecule has 6 heteroatoms. The molecule has 1 unspecified atom stereocenters. The third kappa shape index (κ3) is 2.54. The summed E-state index contributed by atoms with van der Waals surface area (Å²) in [5.41, 5.74) is 1.37. The Balaban J connectivity index is 1.66. The van der Waals surface area contributed by atoms with Gasteiger partial charge in [-0.1, -0.05) is 6.07 Å². The Bertz CT molecular complexity index is 544. The maximum atomic E-state index is 12.2. The first-order valence-corrected chi connectivity index (χ1v) is 6.81. The standard InChI is InChI=1S/C14H17N3O3/c18-12-5-4-9(17-12)8-16-14(19)10-2-1-3-11-13(10)20-7-6-15-11/h1-3,9,15H,4-8H2,(H,16,19)(H,17,18). The van der Waals surface area contributed by atoms with Crippen LogP contribution in [-0.2, 0) is 4.79 Å². The summed E-state index contributed by atoms with van der Waals surface area (Å²) in [7, 11) is 0. The smallest absolute Gasteiger partial charge is 0.255 e. The molecule has 2 aliphatic rings. The highest BCUT2D eigenvalue weighted by molar-refractivity contribution is 5.99. The van der Waals surface area contributed by atoms with Crippen LogP contribution in [-0.4, -0.2) is 37.6 Å². The molecule has 0 aliphatic carbocycles. The van der Waals surface area contributed by atoms with Crippen LogP contribution in [0.3, 0.4) is 0 Å². The van der Waals surface area contributed by atoms with E-state index in [1.54, 1.807) is 6.07 Å². The zero-order chi connectivity index (χ0) is 13.9. The van der Waals surface area contributed by atoms with E-state index in [-0.39, 0.29) is 17.9 Å². The lowest BCUT2D eigenvalue weighted by Gasteiger charge is -2.21. The van der Waals surface area contributed by atoms with Gasteiger partial charge in [-0.05, 0) is 18.6 Å². The van der Waals surface area contributed by atoms with Gasteiger partial charge in [-0.2, -0.15) is 0 Å². The second kappa shape index (κ2) is 5.40. The number of anilines is 1. The number of hydrogen-bond acceptors (Lipinski definition) is 4. The predicted octanol–water partition coefficient (Wildman–Crippen LogP) is 0.499. The van der Waals surface area contributed by atoms with E-state index in [2.05, 4.69) is 16.0 Å². The number of fused-ring (bicyclic) bond motifs is 1. The first-order chi connectivity index (χ1) is 9.74. The minimum Gasteiger partial charge on any atom is -0.489 e. The lowest BCUT2D eigenvalue weighted by molar-refractivity contribution is -0.119. The van der Waals surface area contributed by atoms with Gasteiger partial charge in [0.2, 0.25) is 5.91 Å². The topological polar surface area (TPSA) is 79.5 Å². The number of hydrogen-bond donors (Lipinski definition) is 3. The van der Waals surface area contributed by atoms with E-state index < -0.39 is 0 Å². The maximum Gasteiger partial charge on any atom is 0.255 e. The van der Waals surface area contributed by atoms with Gasteiger partial charge in [0.15, 0.2) is 5.75 Å². The van der Waals surface area contributed by atoms with E-state index >= 15 is 0 Å². The molecule has 0 aromatic heterocycles. The van der Waals surface area contributed by atoms with Crippen molar-refractivity contribution in [2.24, 2.45) is 0 Å². The van der Waals surface area contributed by atoms with Crippen LogP contribution < -0.4 is 20.7 Å². The molecule has 3 N–H and O–H groups in total. The fraction of sp³-hybridized carbons (Fsp3) is 0.429. The molecule has 0 radical (unpaired) electrons. The van der Waals surface area contributed by atoms with E-state index in [9.17, 15) is 9.59 Å². The molecule has 2 heterocycles. The molecule has 3 rings (SSSR count). The van der Waals surface area contributed by atoms with Gasteiger partial charge in [0.1, 0.15) is 6.61 Å². The summed E-state index contributed by atoms with van der Waals surface area (Å²) in [4.78, 5) is 23.3. The Kier molecular flexibility index (Phi) is 3.45. The highest BCUT2D eigenvalue weighted by Gasteiger charge is 2.23. The number of rotatable bonds is 3. The SMILES string of the molecule is O=C1CCC(CNC(=O)c2cccc3c2OCCN3)N1. The fourth-order valence-corrected chi connectivity index (χ4v) is 2.49. The first-order valence-electron chi connectivity index (χ1n) is 6.81. The fourth-order valence-electron chi connectivity index (χ4n) is 2.49. The van der Waals surface area contributed by atoms with Gasteiger partial charge >= 0.3 is 0 Å². The van der Waals surface area contributed by atoms with E-state index in [4.69, 9.17) is 4.74 Å². The second-order valence-corrected chi connectivity index (χ2v) is 4.97. The molecule has 1 aromatic rings. The van der Waals surface area contributed by atoms with Gasteiger partial charge in [-0.15, -0.1) is 0 Å². The summed E-state index contributed by atoms with van der Waals surface area (Å²) >= 11 is 0. The van der Waals surface area contributed by atoms with Crippen LogP contribution in [0.4, 0.5) is 5.69 Å². The zero-order valence-corrected chi connectivity index (χ0v) is 11.1. The number of amides is 2. The summed E-state index contributed by atoms with van der Waals surface area (Å²) in [5, 5.41) is 8.87. The third-order valence-electron chi connectivity index (χ3n) is 3.52. The van der Waals surface area contributed by atoms with Crippen LogP contribution in [0.1, 0.15) is 23.2 Å². The Hall–Kier alpha value is -2.24. The van der Waals surface area contributed by atoms with Gasteiger partial charge in [0.25, 0.3) is 5.91 Å².